The number of rotatable bonds is 7. The van der Waals surface area contributed by atoms with Gasteiger partial charge in [-0.05, 0) is 0 Å². The second kappa shape index (κ2) is 9.54. The summed E-state index contributed by atoms with van der Waals surface area (Å²) in [5.74, 6) is 0. The third-order valence-corrected chi connectivity index (χ3v) is 2.80. The minimum absolute atomic E-state index is 0.264. The number of hydrogen-bond acceptors (Lipinski definition) is 4. The van der Waals surface area contributed by atoms with Gasteiger partial charge >= 0.3 is 139 Å². The molecule has 6 heteroatoms. The third kappa shape index (κ3) is 8.75. The van der Waals surface area contributed by atoms with E-state index in [9.17, 15) is 4.79 Å². The van der Waals surface area contributed by atoms with E-state index in [4.69, 9.17) is 9.47 Å². The van der Waals surface area contributed by atoms with E-state index in [1.165, 1.54) is 0 Å². The Morgan fingerprint density at radius 2 is 2.05 bits per heavy atom. The molecule has 0 aliphatic heterocycles. The van der Waals surface area contributed by atoms with Crippen LogP contribution < -0.4 is 5.32 Å². The molecular weight excluding hydrogens is 347 g/mol. The number of ether oxygens (including phenoxy) is 2. The molecule has 1 amide bonds. The molecule has 1 aromatic rings. The SMILES string of the molecule is CC(C)(C)OC(=O)NC(CN=C=[Se])COCc1ccccc1. The van der Waals surface area contributed by atoms with Crippen LogP contribution in [-0.2, 0) is 16.1 Å². The Kier molecular flexibility index (Phi) is 8.07. The number of nitrogens with one attached hydrogen (secondary N) is 1. The predicted octanol–water partition coefficient (Wildman–Crippen LogP) is 2.17. The average Bonchev–Trinajstić information content (AvgIpc) is 2.43. The molecule has 1 rings (SSSR count). The molecule has 0 spiro atoms. The van der Waals surface area contributed by atoms with Gasteiger partial charge in [-0.15, -0.1) is 0 Å². The van der Waals surface area contributed by atoms with Crippen LogP contribution in [0.3, 0.4) is 0 Å². The summed E-state index contributed by atoms with van der Waals surface area (Å²) in [5.41, 5.74) is 0.547. The van der Waals surface area contributed by atoms with E-state index in [1.807, 2.05) is 51.1 Å². The van der Waals surface area contributed by atoms with Gasteiger partial charge in [-0.1, -0.05) is 0 Å². The van der Waals surface area contributed by atoms with Crippen LogP contribution in [0.25, 0.3) is 0 Å². The summed E-state index contributed by atoms with van der Waals surface area (Å²) in [7, 11) is 0. The molecular formula is C16H22N2O3Se. The molecule has 0 bridgehead atoms. The van der Waals surface area contributed by atoms with Crippen LogP contribution in [0, 0.1) is 0 Å². The Balaban J connectivity index is 2.46. The summed E-state index contributed by atoms with van der Waals surface area (Å²) in [6.45, 7) is 6.67. The van der Waals surface area contributed by atoms with Crippen LogP contribution in [0.15, 0.2) is 35.3 Å². The average molecular weight is 369 g/mol. The van der Waals surface area contributed by atoms with E-state index < -0.39 is 11.7 Å². The molecule has 120 valence electrons. The van der Waals surface area contributed by atoms with Crippen molar-refractivity contribution in [2.24, 2.45) is 4.99 Å². The maximum absolute atomic E-state index is 11.8. The van der Waals surface area contributed by atoms with E-state index in [0.29, 0.717) is 19.8 Å². The fourth-order valence-electron chi connectivity index (χ4n) is 1.65. The number of alkyl carbamates (subject to hydrolysis) is 1. The van der Waals surface area contributed by atoms with Crippen molar-refractivity contribution in [3.8, 4) is 0 Å². The number of nitrogens with zero attached hydrogens (tertiary/aromatic N) is 1. The molecule has 0 radical (unpaired) electrons. The fourth-order valence-corrected chi connectivity index (χ4v) is 1.81. The van der Waals surface area contributed by atoms with Crippen LogP contribution >= 0.6 is 0 Å². The van der Waals surface area contributed by atoms with E-state index in [1.54, 1.807) is 0 Å². The van der Waals surface area contributed by atoms with Crippen molar-refractivity contribution < 1.29 is 14.3 Å². The number of benzene rings is 1. The van der Waals surface area contributed by atoms with E-state index in [2.05, 4.69) is 30.6 Å². The van der Waals surface area contributed by atoms with Crippen molar-refractivity contribution >= 4 is 26.4 Å². The van der Waals surface area contributed by atoms with Gasteiger partial charge in [-0.25, -0.2) is 0 Å². The molecule has 0 saturated carbocycles. The first-order chi connectivity index (χ1) is 10.4. The van der Waals surface area contributed by atoms with Crippen LogP contribution in [0.2, 0.25) is 0 Å². The van der Waals surface area contributed by atoms with Gasteiger partial charge in [0.25, 0.3) is 0 Å². The van der Waals surface area contributed by atoms with Gasteiger partial charge in [-0.3, -0.25) is 0 Å². The zero-order valence-corrected chi connectivity index (χ0v) is 14.9. The number of carbonyl (C=O) groups is 1. The summed E-state index contributed by atoms with van der Waals surface area (Å²) in [5, 5.41) is 2.76. The molecule has 0 aliphatic carbocycles. The second-order valence-corrected chi connectivity index (χ2v) is 6.16. The molecule has 22 heavy (non-hydrogen) atoms. The molecule has 1 N–H and O–H groups in total. The summed E-state index contributed by atoms with van der Waals surface area (Å²) in [6.07, 6.45) is -0.476. The van der Waals surface area contributed by atoms with Crippen molar-refractivity contribution in [1.82, 2.24) is 5.32 Å². The van der Waals surface area contributed by atoms with Gasteiger partial charge in [0, 0.05) is 0 Å². The topological polar surface area (TPSA) is 59.9 Å². The molecule has 0 fully saturated rings. The van der Waals surface area contributed by atoms with Gasteiger partial charge < -0.3 is 0 Å². The van der Waals surface area contributed by atoms with Crippen molar-refractivity contribution in [2.75, 3.05) is 13.2 Å². The predicted molar refractivity (Wildman–Crippen MR) is 87.3 cm³/mol. The zero-order valence-electron chi connectivity index (χ0n) is 13.2. The molecule has 5 nitrogen and oxygen atoms in total. The fraction of sp³-hybridized carbons (Fsp3) is 0.500. The Morgan fingerprint density at radius 3 is 2.64 bits per heavy atom. The molecule has 0 heterocycles. The first kappa shape index (κ1) is 18.6. The molecule has 1 unspecified atom stereocenters. The van der Waals surface area contributed by atoms with E-state index in [0.717, 1.165) is 5.56 Å². The quantitative estimate of drug-likeness (QED) is 0.592. The molecule has 1 atom stereocenters. The summed E-state index contributed by atoms with van der Waals surface area (Å²) in [6, 6.07) is 9.59. The second-order valence-electron chi connectivity index (χ2n) is 5.78. The Hall–Kier alpha value is -1.45. The number of hydrogen-bond donors (Lipinski definition) is 1. The summed E-state index contributed by atoms with van der Waals surface area (Å²) >= 11 is 2.57. The zero-order chi connectivity index (χ0) is 16.4. The van der Waals surface area contributed by atoms with E-state index in [-0.39, 0.29) is 6.04 Å². The van der Waals surface area contributed by atoms with Crippen molar-refractivity contribution in [1.29, 1.82) is 0 Å². The van der Waals surface area contributed by atoms with Crippen LogP contribution in [0.5, 0.6) is 0 Å². The van der Waals surface area contributed by atoms with Crippen LogP contribution in [-0.4, -0.2) is 51.2 Å². The molecule has 1 aromatic carbocycles. The van der Waals surface area contributed by atoms with Crippen LogP contribution in [0.4, 0.5) is 4.79 Å². The van der Waals surface area contributed by atoms with Crippen molar-refractivity contribution in [2.45, 2.75) is 39.0 Å². The molecule has 0 aromatic heterocycles. The molecule has 0 saturated heterocycles. The van der Waals surface area contributed by atoms with Gasteiger partial charge in [0.15, 0.2) is 0 Å². The Labute approximate surface area is 139 Å². The van der Waals surface area contributed by atoms with E-state index >= 15 is 0 Å². The number of aliphatic imine (C=N–C) groups is 1. The van der Waals surface area contributed by atoms with Gasteiger partial charge in [-0.2, -0.15) is 0 Å². The first-order valence-corrected chi connectivity index (χ1v) is 7.91. The van der Waals surface area contributed by atoms with Gasteiger partial charge in [0.1, 0.15) is 0 Å². The minimum atomic E-state index is -0.534. The number of amides is 1. The normalized spacial score (nSPS) is 12.1. The Bertz CT molecular complexity index is 508. The summed E-state index contributed by atoms with van der Waals surface area (Å²) < 4.78 is 13.5. The first-order valence-electron chi connectivity index (χ1n) is 7.05. The van der Waals surface area contributed by atoms with Gasteiger partial charge in [0.2, 0.25) is 0 Å². The van der Waals surface area contributed by atoms with Crippen LogP contribution in [0.1, 0.15) is 26.3 Å². The third-order valence-electron chi connectivity index (χ3n) is 2.53. The maximum atomic E-state index is 11.8. The monoisotopic (exact) mass is 370 g/mol. The van der Waals surface area contributed by atoms with Crippen molar-refractivity contribution in [3.63, 3.8) is 0 Å². The van der Waals surface area contributed by atoms with Gasteiger partial charge in [0.05, 0.1) is 0 Å². The summed E-state index contributed by atoms with van der Waals surface area (Å²) in [4.78, 5) is 15.8. The molecule has 0 aliphatic rings. The number of carbonyl (C=O) groups excluding carboxylic acids is 1. The van der Waals surface area contributed by atoms with Crippen molar-refractivity contribution in [3.05, 3.63) is 35.9 Å². The standard InChI is InChI=1S/C16H22N2O3Se/c1-16(2,3)21-15(19)18-14(9-17-12-22)11-20-10-13-7-5-4-6-8-13/h4-8,14H,9-11H2,1-3H3,(H,18,19). The Morgan fingerprint density at radius 1 is 1.36 bits per heavy atom.